The minimum Gasteiger partial charge on any atom is -0.868 e. The molecule has 0 saturated heterocycles. The van der Waals surface area contributed by atoms with Crippen molar-refractivity contribution in [3.63, 3.8) is 0 Å². The van der Waals surface area contributed by atoms with Crippen molar-refractivity contribution in [2.45, 2.75) is 12.7 Å². The molecule has 9 heteroatoms. The van der Waals surface area contributed by atoms with E-state index in [1.54, 1.807) is 36.4 Å². The molecule has 0 fully saturated rings. The highest BCUT2D eigenvalue weighted by atomic mass is 35.5. The normalized spacial score (nSPS) is 15.8. The molecule has 0 radical (unpaired) electrons. The largest absolute Gasteiger partial charge is 0.868 e. The minimum absolute atomic E-state index is 0.00797. The van der Waals surface area contributed by atoms with Crippen molar-refractivity contribution in [3.05, 3.63) is 86.8 Å². The van der Waals surface area contributed by atoms with E-state index in [1.165, 1.54) is 17.2 Å². The van der Waals surface area contributed by atoms with Gasteiger partial charge in [-0.2, -0.15) is 0 Å². The van der Waals surface area contributed by atoms with E-state index in [2.05, 4.69) is 5.32 Å². The second-order valence-electron chi connectivity index (χ2n) is 6.21. The zero-order valence-corrected chi connectivity index (χ0v) is 15.1. The van der Waals surface area contributed by atoms with Crippen LogP contribution in [0, 0.1) is 10.1 Å². The molecule has 1 aromatic heterocycles. The summed E-state index contributed by atoms with van der Waals surface area (Å²) >= 11 is 6.02. The van der Waals surface area contributed by atoms with Gasteiger partial charge in [-0.15, -0.1) is 0 Å². The van der Waals surface area contributed by atoms with Gasteiger partial charge < -0.3 is 19.7 Å². The third-order valence-electron chi connectivity index (χ3n) is 4.48. The van der Waals surface area contributed by atoms with Gasteiger partial charge in [0.15, 0.2) is 0 Å². The predicted molar refractivity (Wildman–Crippen MR) is 98.9 cm³/mol. The summed E-state index contributed by atoms with van der Waals surface area (Å²) in [5.74, 6) is -0.634. The molecule has 142 valence electrons. The van der Waals surface area contributed by atoms with Crippen LogP contribution in [0.5, 0.6) is 5.75 Å². The maximum Gasteiger partial charge on any atom is 0.263 e. The molecule has 1 aliphatic heterocycles. The number of para-hydroxylation sites is 1. The SMILES string of the molecule is O=C1c2ccccc2N[C@H](c2cc(Cl)cc([N+](=O)[O-])c2[O-])N1Cc1ccco1. The molecule has 28 heavy (non-hydrogen) atoms. The molecule has 8 nitrogen and oxygen atoms in total. The fraction of sp³-hybridized carbons (Fsp3) is 0.105. The molecule has 2 aromatic carbocycles. The third-order valence-corrected chi connectivity index (χ3v) is 4.70. The van der Waals surface area contributed by atoms with E-state index in [1.807, 2.05) is 0 Å². The van der Waals surface area contributed by atoms with Crippen molar-refractivity contribution in [2.24, 2.45) is 0 Å². The zero-order valence-electron chi connectivity index (χ0n) is 14.3. The van der Waals surface area contributed by atoms with Gasteiger partial charge in [0.25, 0.3) is 11.6 Å². The topological polar surface area (TPSA) is 112 Å². The first-order valence-corrected chi connectivity index (χ1v) is 8.67. The Hall–Kier alpha value is -3.52. The van der Waals surface area contributed by atoms with Crippen LogP contribution < -0.4 is 10.4 Å². The number of carbonyl (C=O) groups excluding carboxylic acids is 1. The summed E-state index contributed by atoms with van der Waals surface area (Å²) in [6, 6.07) is 12.6. The van der Waals surface area contributed by atoms with Crippen LogP contribution in [0.15, 0.2) is 59.2 Å². The lowest BCUT2D eigenvalue weighted by molar-refractivity contribution is -0.398. The third kappa shape index (κ3) is 3.03. The molecule has 0 bridgehead atoms. The van der Waals surface area contributed by atoms with Crippen LogP contribution in [0.4, 0.5) is 11.4 Å². The fourth-order valence-corrected chi connectivity index (χ4v) is 3.43. The summed E-state index contributed by atoms with van der Waals surface area (Å²) in [6.07, 6.45) is 0.529. The highest BCUT2D eigenvalue weighted by molar-refractivity contribution is 6.31. The molecule has 0 saturated carbocycles. The smallest absolute Gasteiger partial charge is 0.263 e. The molecule has 1 N–H and O–H groups in total. The summed E-state index contributed by atoms with van der Waals surface area (Å²) < 4.78 is 5.34. The Morgan fingerprint density at radius 3 is 2.71 bits per heavy atom. The second-order valence-corrected chi connectivity index (χ2v) is 6.64. The quantitative estimate of drug-likeness (QED) is 0.530. The van der Waals surface area contributed by atoms with Crippen molar-refractivity contribution in [3.8, 4) is 5.75 Å². The molecule has 1 atom stereocenters. The zero-order chi connectivity index (χ0) is 19.8. The first-order valence-electron chi connectivity index (χ1n) is 8.29. The van der Waals surface area contributed by atoms with Gasteiger partial charge in [0.05, 0.1) is 23.3 Å². The Kier molecular flexibility index (Phi) is 4.40. The number of amides is 1. The molecule has 4 rings (SSSR count). The van der Waals surface area contributed by atoms with E-state index < -0.39 is 22.5 Å². The van der Waals surface area contributed by atoms with Crippen molar-refractivity contribution < 1.29 is 19.2 Å². The van der Waals surface area contributed by atoms with Crippen LogP contribution in [-0.4, -0.2) is 15.7 Å². The highest BCUT2D eigenvalue weighted by Gasteiger charge is 2.34. The van der Waals surface area contributed by atoms with Gasteiger partial charge in [-0.3, -0.25) is 14.9 Å². The van der Waals surface area contributed by atoms with E-state index in [4.69, 9.17) is 16.0 Å². The molecular formula is C19H13ClN3O5-. The molecule has 0 unspecified atom stereocenters. The van der Waals surface area contributed by atoms with Gasteiger partial charge in [0.2, 0.25) is 0 Å². The molecule has 0 aliphatic carbocycles. The predicted octanol–water partition coefficient (Wildman–Crippen LogP) is 3.68. The van der Waals surface area contributed by atoms with Gasteiger partial charge in [0.1, 0.15) is 11.9 Å². The summed E-state index contributed by atoms with van der Waals surface area (Å²) in [7, 11) is 0. The second kappa shape index (κ2) is 6.90. The monoisotopic (exact) mass is 398 g/mol. The van der Waals surface area contributed by atoms with E-state index in [0.717, 1.165) is 6.07 Å². The van der Waals surface area contributed by atoms with Gasteiger partial charge in [-0.1, -0.05) is 23.7 Å². The lowest BCUT2D eigenvalue weighted by Crippen LogP contribution is -2.42. The molecule has 1 amide bonds. The van der Waals surface area contributed by atoms with Gasteiger partial charge >= 0.3 is 0 Å². The molecule has 1 aliphatic rings. The number of hydrogen-bond donors (Lipinski definition) is 1. The summed E-state index contributed by atoms with van der Waals surface area (Å²) in [4.78, 5) is 25.0. The average molecular weight is 399 g/mol. The van der Waals surface area contributed by atoms with Crippen LogP contribution in [0.1, 0.15) is 27.8 Å². The number of carbonyl (C=O) groups is 1. The maximum absolute atomic E-state index is 13.1. The minimum atomic E-state index is -0.947. The van der Waals surface area contributed by atoms with Crippen molar-refractivity contribution in [2.75, 3.05) is 5.32 Å². The van der Waals surface area contributed by atoms with Crippen LogP contribution in [0.25, 0.3) is 0 Å². The van der Waals surface area contributed by atoms with E-state index >= 15 is 0 Å². The Balaban J connectivity index is 1.86. The highest BCUT2D eigenvalue weighted by Crippen LogP contribution is 2.41. The van der Waals surface area contributed by atoms with Gasteiger partial charge in [0, 0.05) is 16.8 Å². The number of rotatable bonds is 4. The molecule has 0 spiro atoms. The van der Waals surface area contributed by atoms with Crippen LogP contribution in [-0.2, 0) is 6.54 Å². The molecule has 2 heterocycles. The lowest BCUT2D eigenvalue weighted by Gasteiger charge is -2.39. The standard InChI is InChI=1S/C19H14ClN3O5/c20-11-8-14(17(24)16(9-11)23(26)27)18-21-15-6-2-1-5-13(15)19(25)22(18)10-12-4-3-7-28-12/h1-9,18,21,24H,10H2/p-1/t18-/m0/s1. The van der Waals surface area contributed by atoms with Crippen LogP contribution in [0.3, 0.4) is 0 Å². The number of nitro benzene ring substituents is 1. The first kappa shape index (κ1) is 17.9. The van der Waals surface area contributed by atoms with E-state index in [0.29, 0.717) is 17.0 Å². The van der Waals surface area contributed by atoms with Gasteiger partial charge in [-0.25, -0.2) is 0 Å². The van der Waals surface area contributed by atoms with Crippen LogP contribution >= 0.6 is 11.6 Å². The maximum atomic E-state index is 13.1. The average Bonchev–Trinajstić information content (AvgIpc) is 3.18. The number of fused-ring (bicyclic) bond motifs is 1. The number of nitrogens with one attached hydrogen (secondary N) is 1. The Labute approximate surface area is 164 Å². The van der Waals surface area contributed by atoms with Crippen molar-refractivity contribution >= 4 is 28.9 Å². The Bertz CT molecular complexity index is 1070. The number of nitrogens with zero attached hydrogens (tertiary/aromatic N) is 2. The van der Waals surface area contributed by atoms with Crippen LogP contribution in [0.2, 0.25) is 5.02 Å². The van der Waals surface area contributed by atoms with Gasteiger partial charge in [-0.05, 0) is 41.6 Å². The summed E-state index contributed by atoms with van der Waals surface area (Å²) in [6.45, 7) is 0.0670. The molecule has 3 aromatic rings. The fourth-order valence-electron chi connectivity index (χ4n) is 3.21. The van der Waals surface area contributed by atoms with Crippen molar-refractivity contribution in [1.82, 2.24) is 4.90 Å². The summed E-state index contributed by atoms with van der Waals surface area (Å²) in [5, 5.41) is 27.1. The number of furan rings is 1. The summed E-state index contributed by atoms with van der Waals surface area (Å²) in [5.41, 5.74) is 0.312. The number of anilines is 1. The molecular weight excluding hydrogens is 386 g/mol. The Morgan fingerprint density at radius 1 is 1.21 bits per heavy atom. The van der Waals surface area contributed by atoms with E-state index in [9.17, 15) is 20.0 Å². The number of benzene rings is 2. The first-order chi connectivity index (χ1) is 13.5. The van der Waals surface area contributed by atoms with Crippen molar-refractivity contribution in [1.29, 1.82) is 0 Å². The number of nitro groups is 1. The number of hydrogen-bond acceptors (Lipinski definition) is 6. The lowest BCUT2D eigenvalue weighted by atomic mass is 10.0. The number of halogens is 1. The van der Waals surface area contributed by atoms with E-state index in [-0.39, 0.29) is 23.0 Å². The Morgan fingerprint density at radius 2 is 2.00 bits per heavy atom.